The predicted molar refractivity (Wildman–Crippen MR) is 54.5 cm³/mol. The smallest absolute Gasteiger partial charge is 0.418 e. The van der Waals surface area contributed by atoms with E-state index in [9.17, 15) is 31.1 Å². The van der Waals surface area contributed by atoms with E-state index in [2.05, 4.69) is 9.72 Å². The number of hydrogen-bond acceptors (Lipinski definition) is 3. The van der Waals surface area contributed by atoms with Crippen molar-refractivity contribution in [1.29, 1.82) is 0 Å². The van der Waals surface area contributed by atoms with Crippen molar-refractivity contribution in [2.45, 2.75) is 25.9 Å². The SMILES string of the molecule is CCOC(=O)Cc1cc(F)nc(C(F)F)c1C(F)(F)F. The van der Waals surface area contributed by atoms with Gasteiger partial charge in [0.05, 0.1) is 18.6 Å². The van der Waals surface area contributed by atoms with Gasteiger partial charge in [0.15, 0.2) is 0 Å². The van der Waals surface area contributed by atoms with Crippen LogP contribution in [-0.2, 0) is 22.1 Å². The van der Waals surface area contributed by atoms with E-state index in [1.54, 1.807) is 0 Å². The molecular formula is C11H9F6NO2. The van der Waals surface area contributed by atoms with Gasteiger partial charge in [-0.1, -0.05) is 0 Å². The molecule has 0 radical (unpaired) electrons. The monoisotopic (exact) mass is 301 g/mol. The van der Waals surface area contributed by atoms with Crippen molar-refractivity contribution in [2.75, 3.05) is 6.61 Å². The van der Waals surface area contributed by atoms with Gasteiger partial charge in [-0.2, -0.15) is 17.6 Å². The molecule has 1 rings (SSSR count). The van der Waals surface area contributed by atoms with Crippen LogP contribution in [0.2, 0.25) is 0 Å². The Balaban J connectivity index is 3.37. The highest BCUT2D eigenvalue weighted by Crippen LogP contribution is 2.38. The lowest BCUT2D eigenvalue weighted by molar-refractivity contribution is -0.144. The lowest BCUT2D eigenvalue weighted by atomic mass is 10.0. The van der Waals surface area contributed by atoms with Gasteiger partial charge in [-0.25, -0.2) is 13.8 Å². The van der Waals surface area contributed by atoms with Gasteiger partial charge in [0.1, 0.15) is 5.69 Å². The summed E-state index contributed by atoms with van der Waals surface area (Å²) in [5.74, 6) is -2.60. The summed E-state index contributed by atoms with van der Waals surface area (Å²) in [6.07, 6.45) is -9.78. The summed E-state index contributed by atoms with van der Waals surface area (Å²) < 4.78 is 80.9. The van der Waals surface area contributed by atoms with Gasteiger partial charge in [0.2, 0.25) is 5.95 Å². The second-order valence-corrected chi connectivity index (χ2v) is 3.64. The van der Waals surface area contributed by atoms with Crippen molar-refractivity contribution >= 4 is 5.97 Å². The van der Waals surface area contributed by atoms with Crippen molar-refractivity contribution in [3.05, 3.63) is 28.8 Å². The van der Waals surface area contributed by atoms with Gasteiger partial charge in [0, 0.05) is 0 Å². The molecule has 0 saturated heterocycles. The zero-order valence-electron chi connectivity index (χ0n) is 10.1. The van der Waals surface area contributed by atoms with Crippen molar-refractivity contribution in [1.82, 2.24) is 4.98 Å². The maximum absolute atomic E-state index is 13.0. The molecule has 3 nitrogen and oxygen atoms in total. The molecule has 112 valence electrons. The highest BCUT2D eigenvalue weighted by Gasteiger charge is 2.40. The molecule has 9 heteroatoms. The van der Waals surface area contributed by atoms with Crippen molar-refractivity contribution < 1.29 is 35.9 Å². The molecule has 0 N–H and O–H groups in total. The molecule has 0 fully saturated rings. The number of aromatic nitrogens is 1. The molecule has 0 bridgehead atoms. The molecule has 20 heavy (non-hydrogen) atoms. The average molecular weight is 301 g/mol. The number of halogens is 6. The van der Waals surface area contributed by atoms with E-state index in [1.165, 1.54) is 6.92 Å². The Kier molecular flexibility index (Phi) is 4.96. The third-order valence-electron chi connectivity index (χ3n) is 2.23. The van der Waals surface area contributed by atoms with Crippen LogP contribution in [0.4, 0.5) is 26.3 Å². The Hall–Kier alpha value is -1.80. The number of rotatable bonds is 4. The van der Waals surface area contributed by atoms with Crippen LogP contribution in [-0.4, -0.2) is 17.6 Å². The quantitative estimate of drug-likeness (QED) is 0.487. The summed E-state index contributed by atoms with van der Waals surface area (Å²) in [4.78, 5) is 13.7. The lowest BCUT2D eigenvalue weighted by Gasteiger charge is -2.16. The Morgan fingerprint density at radius 2 is 2.00 bits per heavy atom. The van der Waals surface area contributed by atoms with E-state index >= 15 is 0 Å². The normalized spacial score (nSPS) is 11.8. The summed E-state index contributed by atoms with van der Waals surface area (Å²) in [5.41, 5.74) is -4.47. The predicted octanol–water partition coefficient (Wildman–Crippen LogP) is 3.28. The van der Waals surface area contributed by atoms with Gasteiger partial charge < -0.3 is 4.74 Å². The molecule has 0 saturated carbocycles. The second kappa shape index (κ2) is 6.10. The number of nitrogens with zero attached hydrogens (tertiary/aromatic N) is 1. The summed E-state index contributed by atoms with van der Waals surface area (Å²) >= 11 is 0. The molecule has 0 atom stereocenters. The molecule has 1 aromatic rings. The molecule has 0 aliphatic rings. The highest BCUT2D eigenvalue weighted by atomic mass is 19.4. The first kappa shape index (κ1) is 16.3. The van der Waals surface area contributed by atoms with E-state index in [1.807, 2.05) is 0 Å². The number of pyridine rings is 1. The highest BCUT2D eigenvalue weighted by molar-refractivity contribution is 5.73. The van der Waals surface area contributed by atoms with Crippen LogP contribution in [0.1, 0.15) is 30.2 Å². The molecule has 1 heterocycles. The van der Waals surface area contributed by atoms with Crippen molar-refractivity contribution in [3.8, 4) is 0 Å². The van der Waals surface area contributed by atoms with Crippen LogP contribution in [0.25, 0.3) is 0 Å². The standard InChI is InChI=1S/C11H9F6NO2/c1-2-20-7(19)4-5-3-6(12)18-9(10(13)14)8(5)11(15,16)17/h3,10H,2,4H2,1H3. The number of ether oxygens (including phenoxy) is 1. The van der Waals surface area contributed by atoms with Gasteiger partial charge in [-0.3, -0.25) is 4.79 Å². The van der Waals surface area contributed by atoms with Crippen LogP contribution in [0, 0.1) is 5.95 Å². The first-order valence-electron chi connectivity index (χ1n) is 5.37. The Morgan fingerprint density at radius 3 is 2.45 bits per heavy atom. The van der Waals surface area contributed by atoms with Crippen LogP contribution in [0.3, 0.4) is 0 Å². The van der Waals surface area contributed by atoms with Crippen LogP contribution < -0.4 is 0 Å². The number of hydrogen-bond donors (Lipinski definition) is 0. The minimum atomic E-state index is -5.19. The summed E-state index contributed by atoms with van der Waals surface area (Å²) in [5, 5.41) is 0. The van der Waals surface area contributed by atoms with E-state index in [4.69, 9.17) is 0 Å². The van der Waals surface area contributed by atoms with Crippen LogP contribution >= 0.6 is 0 Å². The molecule has 1 aromatic heterocycles. The fourth-order valence-electron chi connectivity index (χ4n) is 1.58. The molecule has 0 unspecified atom stereocenters. The molecule has 0 aliphatic heterocycles. The van der Waals surface area contributed by atoms with Crippen LogP contribution in [0.5, 0.6) is 0 Å². The van der Waals surface area contributed by atoms with Gasteiger partial charge in [-0.15, -0.1) is 0 Å². The molecule has 0 amide bonds. The van der Waals surface area contributed by atoms with Crippen molar-refractivity contribution in [3.63, 3.8) is 0 Å². The summed E-state index contributed by atoms with van der Waals surface area (Å²) in [7, 11) is 0. The van der Waals surface area contributed by atoms with E-state index in [-0.39, 0.29) is 6.61 Å². The molecular weight excluding hydrogens is 292 g/mol. The van der Waals surface area contributed by atoms with E-state index < -0.39 is 47.8 Å². The zero-order chi connectivity index (χ0) is 15.5. The topological polar surface area (TPSA) is 39.2 Å². The molecule has 0 spiro atoms. The number of carbonyl (C=O) groups excluding carboxylic acids is 1. The van der Waals surface area contributed by atoms with Gasteiger partial charge in [0.25, 0.3) is 6.43 Å². The van der Waals surface area contributed by atoms with E-state index in [0.29, 0.717) is 6.07 Å². The summed E-state index contributed by atoms with van der Waals surface area (Å²) in [6.45, 7) is 1.32. The minimum absolute atomic E-state index is 0.102. The fourth-order valence-corrected chi connectivity index (χ4v) is 1.58. The van der Waals surface area contributed by atoms with Gasteiger partial charge >= 0.3 is 12.1 Å². The number of esters is 1. The average Bonchev–Trinajstić information content (AvgIpc) is 2.26. The second-order valence-electron chi connectivity index (χ2n) is 3.64. The largest absolute Gasteiger partial charge is 0.466 e. The zero-order valence-corrected chi connectivity index (χ0v) is 10.1. The third-order valence-corrected chi connectivity index (χ3v) is 2.23. The summed E-state index contributed by atoms with van der Waals surface area (Å²) in [6, 6.07) is 0.297. The lowest BCUT2D eigenvalue weighted by Crippen LogP contribution is -2.19. The number of carbonyl (C=O) groups is 1. The first-order chi connectivity index (χ1) is 9.16. The maximum Gasteiger partial charge on any atom is 0.418 e. The first-order valence-corrected chi connectivity index (χ1v) is 5.37. The van der Waals surface area contributed by atoms with Crippen LogP contribution in [0.15, 0.2) is 6.07 Å². The third kappa shape index (κ3) is 3.84. The Bertz CT molecular complexity index is 500. The minimum Gasteiger partial charge on any atom is -0.466 e. The van der Waals surface area contributed by atoms with Gasteiger partial charge in [-0.05, 0) is 18.6 Å². The Labute approximate surface area is 109 Å². The van der Waals surface area contributed by atoms with E-state index in [0.717, 1.165) is 0 Å². The number of alkyl halides is 5. The fraction of sp³-hybridized carbons (Fsp3) is 0.455. The molecule has 0 aliphatic carbocycles. The maximum atomic E-state index is 13.0. The Morgan fingerprint density at radius 1 is 1.40 bits per heavy atom. The van der Waals surface area contributed by atoms with Crippen molar-refractivity contribution in [2.24, 2.45) is 0 Å². The molecule has 0 aromatic carbocycles.